The smallest absolute Gasteiger partial charge is 0.155 e. The van der Waals surface area contributed by atoms with Crippen molar-refractivity contribution >= 4 is 5.65 Å². The van der Waals surface area contributed by atoms with Gasteiger partial charge in [0.15, 0.2) is 5.65 Å². The summed E-state index contributed by atoms with van der Waals surface area (Å²) in [5.74, 6) is 0. The second-order valence-electron chi connectivity index (χ2n) is 4.27. The minimum atomic E-state index is 0.877. The molecule has 0 unspecified atom stereocenters. The van der Waals surface area contributed by atoms with Gasteiger partial charge < -0.3 is 0 Å². The lowest BCUT2D eigenvalue weighted by atomic mass is 10.0. The monoisotopic (exact) mass is 223 g/mol. The highest BCUT2D eigenvalue weighted by molar-refractivity contribution is 5.65. The van der Waals surface area contributed by atoms with Crippen LogP contribution < -0.4 is 0 Å². The van der Waals surface area contributed by atoms with Gasteiger partial charge in [-0.2, -0.15) is 5.10 Å². The molecule has 0 amide bonds. The number of aryl methyl sites for hydroxylation is 2. The van der Waals surface area contributed by atoms with E-state index in [2.05, 4.69) is 42.1 Å². The Morgan fingerprint density at radius 2 is 1.94 bits per heavy atom. The van der Waals surface area contributed by atoms with E-state index in [9.17, 15) is 0 Å². The number of fused-ring (bicyclic) bond motifs is 1. The van der Waals surface area contributed by atoms with Crippen molar-refractivity contribution in [2.24, 2.45) is 0 Å². The van der Waals surface area contributed by atoms with Crippen LogP contribution in [0.15, 0.2) is 42.7 Å². The van der Waals surface area contributed by atoms with Gasteiger partial charge in [-0.1, -0.05) is 23.8 Å². The summed E-state index contributed by atoms with van der Waals surface area (Å²) in [5, 5.41) is 4.14. The number of benzene rings is 1. The highest BCUT2D eigenvalue weighted by Crippen LogP contribution is 2.22. The zero-order valence-corrected chi connectivity index (χ0v) is 9.88. The van der Waals surface area contributed by atoms with Gasteiger partial charge in [-0.25, -0.2) is 9.50 Å². The number of hydrogen-bond acceptors (Lipinski definition) is 2. The lowest BCUT2D eigenvalue weighted by molar-refractivity contribution is 0.941. The maximum absolute atomic E-state index is 4.60. The molecule has 84 valence electrons. The summed E-state index contributed by atoms with van der Waals surface area (Å²) in [6, 6.07) is 10.3. The van der Waals surface area contributed by atoms with Crippen molar-refractivity contribution in [1.29, 1.82) is 0 Å². The Kier molecular flexibility index (Phi) is 2.18. The van der Waals surface area contributed by atoms with E-state index >= 15 is 0 Å². The summed E-state index contributed by atoms with van der Waals surface area (Å²) in [6.45, 7) is 4.22. The first kappa shape index (κ1) is 10.0. The minimum absolute atomic E-state index is 0.877. The topological polar surface area (TPSA) is 30.2 Å². The Morgan fingerprint density at radius 1 is 1.06 bits per heavy atom. The third-order valence-electron chi connectivity index (χ3n) is 2.92. The normalized spacial score (nSPS) is 10.9. The lowest BCUT2D eigenvalue weighted by Gasteiger charge is -2.06. The van der Waals surface area contributed by atoms with Crippen molar-refractivity contribution in [1.82, 2.24) is 14.6 Å². The first-order valence-electron chi connectivity index (χ1n) is 5.62. The third kappa shape index (κ3) is 1.69. The van der Waals surface area contributed by atoms with Crippen molar-refractivity contribution in [2.45, 2.75) is 13.8 Å². The molecule has 0 saturated heterocycles. The fourth-order valence-electron chi connectivity index (χ4n) is 2.06. The maximum atomic E-state index is 4.60. The minimum Gasteiger partial charge on any atom is -0.229 e. The molecule has 0 radical (unpaired) electrons. The molecule has 1 aromatic carbocycles. The highest BCUT2D eigenvalue weighted by atomic mass is 15.2. The van der Waals surface area contributed by atoms with Gasteiger partial charge in [-0.05, 0) is 25.5 Å². The first-order chi connectivity index (χ1) is 8.24. The summed E-state index contributed by atoms with van der Waals surface area (Å²) < 4.78 is 1.77. The van der Waals surface area contributed by atoms with Crippen LogP contribution in [0.4, 0.5) is 0 Å². The molecule has 0 saturated carbocycles. The van der Waals surface area contributed by atoms with Gasteiger partial charge >= 0.3 is 0 Å². The molecule has 17 heavy (non-hydrogen) atoms. The van der Waals surface area contributed by atoms with Crippen LogP contribution in [0, 0.1) is 13.8 Å². The predicted molar refractivity (Wildman–Crippen MR) is 67.9 cm³/mol. The standard InChI is InChI=1S/C14H13N3/c1-10-3-4-12(11(2)9-10)13-6-8-17-14(16-13)5-7-15-17/h3-9H,1-2H3. The molecule has 0 fully saturated rings. The second-order valence-corrected chi connectivity index (χ2v) is 4.27. The Morgan fingerprint density at radius 3 is 2.76 bits per heavy atom. The largest absolute Gasteiger partial charge is 0.229 e. The molecule has 3 heteroatoms. The van der Waals surface area contributed by atoms with Crippen LogP contribution in [0.5, 0.6) is 0 Å². The van der Waals surface area contributed by atoms with Gasteiger partial charge in [-0.3, -0.25) is 0 Å². The fraction of sp³-hybridized carbons (Fsp3) is 0.143. The molecule has 0 spiro atoms. The SMILES string of the molecule is Cc1ccc(-c2ccn3nccc3n2)c(C)c1. The summed E-state index contributed by atoms with van der Waals surface area (Å²) in [5.41, 5.74) is 5.58. The predicted octanol–water partition coefficient (Wildman–Crippen LogP) is 3.01. The van der Waals surface area contributed by atoms with Crippen molar-refractivity contribution in [3.8, 4) is 11.3 Å². The molecule has 2 heterocycles. The molecular weight excluding hydrogens is 210 g/mol. The number of hydrogen-bond donors (Lipinski definition) is 0. The highest BCUT2D eigenvalue weighted by Gasteiger charge is 2.04. The Balaban J connectivity index is 2.19. The van der Waals surface area contributed by atoms with Gasteiger partial charge in [0.05, 0.1) is 11.9 Å². The van der Waals surface area contributed by atoms with Gasteiger partial charge in [-0.15, -0.1) is 0 Å². The van der Waals surface area contributed by atoms with Gasteiger partial charge in [0, 0.05) is 17.8 Å². The van der Waals surface area contributed by atoms with E-state index < -0.39 is 0 Å². The van der Waals surface area contributed by atoms with E-state index in [1.54, 1.807) is 10.7 Å². The Labute approximate surface area is 99.7 Å². The van der Waals surface area contributed by atoms with Crippen LogP contribution in [0.2, 0.25) is 0 Å². The molecule has 3 rings (SSSR count). The molecule has 0 aliphatic rings. The Bertz CT molecular complexity index is 683. The van der Waals surface area contributed by atoms with Crippen LogP contribution in [0.1, 0.15) is 11.1 Å². The molecular formula is C14H13N3. The molecule has 3 nitrogen and oxygen atoms in total. The van der Waals surface area contributed by atoms with Crippen molar-refractivity contribution in [3.05, 3.63) is 53.9 Å². The molecule has 0 aliphatic heterocycles. The zero-order chi connectivity index (χ0) is 11.8. The third-order valence-corrected chi connectivity index (χ3v) is 2.92. The van der Waals surface area contributed by atoms with E-state index in [1.165, 1.54) is 16.7 Å². The van der Waals surface area contributed by atoms with Crippen molar-refractivity contribution in [3.63, 3.8) is 0 Å². The molecule has 0 bridgehead atoms. The quantitative estimate of drug-likeness (QED) is 0.634. The van der Waals surface area contributed by atoms with E-state index in [-0.39, 0.29) is 0 Å². The van der Waals surface area contributed by atoms with Gasteiger partial charge in [0.1, 0.15) is 0 Å². The summed E-state index contributed by atoms with van der Waals surface area (Å²) in [6.07, 6.45) is 3.70. The molecule has 0 aliphatic carbocycles. The van der Waals surface area contributed by atoms with Gasteiger partial charge in [0.25, 0.3) is 0 Å². The molecule has 3 aromatic rings. The van der Waals surface area contributed by atoms with Crippen molar-refractivity contribution < 1.29 is 0 Å². The van der Waals surface area contributed by atoms with Crippen LogP contribution in [-0.4, -0.2) is 14.6 Å². The fourth-order valence-corrected chi connectivity index (χ4v) is 2.06. The Hall–Kier alpha value is -2.16. The van der Waals surface area contributed by atoms with Crippen LogP contribution >= 0.6 is 0 Å². The average Bonchev–Trinajstić information content (AvgIpc) is 2.75. The number of nitrogens with zero attached hydrogens (tertiary/aromatic N) is 3. The summed E-state index contributed by atoms with van der Waals surface area (Å²) in [7, 11) is 0. The zero-order valence-electron chi connectivity index (χ0n) is 9.88. The van der Waals surface area contributed by atoms with E-state index in [1.807, 2.05) is 18.3 Å². The van der Waals surface area contributed by atoms with E-state index in [4.69, 9.17) is 0 Å². The van der Waals surface area contributed by atoms with Crippen LogP contribution in [-0.2, 0) is 0 Å². The molecule has 0 N–H and O–H groups in total. The number of aromatic nitrogens is 3. The van der Waals surface area contributed by atoms with Crippen molar-refractivity contribution in [2.75, 3.05) is 0 Å². The summed E-state index contributed by atoms with van der Waals surface area (Å²) in [4.78, 5) is 4.60. The second kappa shape index (κ2) is 3.70. The first-order valence-corrected chi connectivity index (χ1v) is 5.62. The van der Waals surface area contributed by atoms with Crippen LogP contribution in [0.3, 0.4) is 0 Å². The van der Waals surface area contributed by atoms with Crippen LogP contribution in [0.25, 0.3) is 16.9 Å². The summed E-state index contributed by atoms with van der Waals surface area (Å²) >= 11 is 0. The number of rotatable bonds is 1. The van der Waals surface area contributed by atoms with E-state index in [0.29, 0.717) is 0 Å². The molecule has 2 aromatic heterocycles. The van der Waals surface area contributed by atoms with E-state index in [0.717, 1.165) is 11.3 Å². The molecule has 0 atom stereocenters. The maximum Gasteiger partial charge on any atom is 0.155 e. The lowest BCUT2D eigenvalue weighted by Crippen LogP contribution is -1.93. The van der Waals surface area contributed by atoms with Gasteiger partial charge in [0.2, 0.25) is 0 Å². The average molecular weight is 223 g/mol.